The zero-order valence-electron chi connectivity index (χ0n) is 23.1. The fourth-order valence-corrected chi connectivity index (χ4v) is 3.54. The number of rotatable bonds is 12. The highest BCUT2D eigenvalue weighted by molar-refractivity contribution is 5.76. The Balaban J connectivity index is 2.24. The summed E-state index contributed by atoms with van der Waals surface area (Å²) in [5.41, 5.74) is 5.65. The maximum Gasteiger partial charge on any atom is 0.222 e. The SMILES string of the molecule is [2H]C([2H])([2H])N1CCN(C(=O)CC/C=C(\C)CC/C=C(\C)CC/C=C(\C)CCC=C(C)C)CC1. The Morgan fingerprint density at radius 3 is 1.57 bits per heavy atom. The summed E-state index contributed by atoms with van der Waals surface area (Å²) in [4.78, 5) is 15.7. The van der Waals surface area contributed by atoms with E-state index in [2.05, 4.69) is 58.9 Å². The molecule has 0 atom stereocenters. The van der Waals surface area contributed by atoms with Gasteiger partial charge in [-0.25, -0.2) is 0 Å². The number of carbonyl (C=O) groups is 1. The predicted molar refractivity (Wildman–Crippen MR) is 132 cm³/mol. The Kier molecular flexibility index (Phi) is 11.0. The highest BCUT2D eigenvalue weighted by Gasteiger charge is 2.17. The average Bonchev–Trinajstić information content (AvgIpc) is 2.73. The minimum Gasteiger partial charge on any atom is -0.340 e. The molecule has 1 heterocycles. The van der Waals surface area contributed by atoms with E-state index in [1.807, 2.05) is 0 Å². The Morgan fingerprint density at radius 1 is 0.700 bits per heavy atom. The fraction of sp³-hybridized carbons (Fsp3) is 0.667. The number of piperazine rings is 1. The topological polar surface area (TPSA) is 23.6 Å². The van der Waals surface area contributed by atoms with Crippen LogP contribution in [-0.4, -0.2) is 48.9 Å². The Hall–Kier alpha value is -1.61. The molecule has 0 aliphatic carbocycles. The van der Waals surface area contributed by atoms with Crippen LogP contribution in [0.3, 0.4) is 0 Å². The second kappa shape index (κ2) is 15.2. The Labute approximate surface area is 190 Å². The molecule has 0 aromatic rings. The van der Waals surface area contributed by atoms with Gasteiger partial charge in [-0.2, -0.15) is 0 Å². The molecular weight excluding hydrogens is 368 g/mol. The minimum atomic E-state index is -2.05. The second-order valence-corrected chi connectivity index (χ2v) is 8.96. The van der Waals surface area contributed by atoms with Crippen molar-refractivity contribution in [2.24, 2.45) is 0 Å². The molecule has 0 radical (unpaired) electrons. The molecule has 1 fully saturated rings. The van der Waals surface area contributed by atoms with E-state index in [0.717, 1.165) is 44.9 Å². The molecule has 0 aromatic heterocycles. The van der Waals surface area contributed by atoms with Gasteiger partial charge in [0.2, 0.25) is 5.91 Å². The van der Waals surface area contributed by atoms with Crippen LogP contribution in [0.25, 0.3) is 0 Å². The first-order chi connectivity index (χ1) is 15.5. The average molecular weight is 418 g/mol. The van der Waals surface area contributed by atoms with Gasteiger partial charge in [0.1, 0.15) is 0 Å². The highest BCUT2D eigenvalue weighted by Crippen LogP contribution is 2.14. The number of carbonyl (C=O) groups excluding carboxylic acids is 1. The lowest BCUT2D eigenvalue weighted by Crippen LogP contribution is -2.47. The van der Waals surface area contributed by atoms with Crippen molar-refractivity contribution in [2.45, 2.75) is 86.0 Å². The van der Waals surface area contributed by atoms with Crippen molar-refractivity contribution in [1.82, 2.24) is 9.80 Å². The number of hydrogen-bond acceptors (Lipinski definition) is 2. The third-order valence-electron chi connectivity index (χ3n) is 5.64. The van der Waals surface area contributed by atoms with Gasteiger partial charge in [0.05, 0.1) is 0 Å². The van der Waals surface area contributed by atoms with Crippen LogP contribution in [0.2, 0.25) is 0 Å². The summed E-state index contributed by atoms with van der Waals surface area (Å²) in [5, 5.41) is 0. The zero-order chi connectivity index (χ0) is 24.9. The van der Waals surface area contributed by atoms with E-state index in [1.165, 1.54) is 27.2 Å². The van der Waals surface area contributed by atoms with E-state index in [4.69, 9.17) is 4.11 Å². The largest absolute Gasteiger partial charge is 0.340 e. The summed E-state index contributed by atoms with van der Waals surface area (Å²) in [6.45, 7) is 10.7. The third-order valence-corrected chi connectivity index (χ3v) is 5.64. The molecule has 0 unspecified atom stereocenters. The van der Waals surface area contributed by atoms with Crippen LogP contribution in [0.4, 0.5) is 0 Å². The van der Waals surface area contributed by atoms with Crippen molar-refractivity contribution in [3.8, 4) is 0 Å². The van der Waals surface area contributed by atoms with E-state index in [0.29, 0.717) is 32.6 Å². The minimum absolute atomic E-state index is 0.129. The van der Waals surface area contributed by atoms with Gasteiger partial charge in [0.25, 0.3) is 0 Å². The van der Waals surface area contributed by atoms with E-state index in [-0.39, 0.29) is 5.91 Å². The number of nitrogens with zero attached hydrogens (tertiary/aromatic N) is 2. The fourth-order valence-electron chi connectivity index (χ4n) is 3.54. The second-order valence-electron chi connectivity index (χ2n) is 8.96. The Morgan fingerprint density at radius 2 is 1.13 bits per heavy atom. The maximum atomic E-state index is 12.4. The van der Waals surface area contributed by atoms with Crippen molar-refractivity contribution < 1.29 is 8.91 Å². The highest BCUT2D eigenvalue weighted by atomic mass is 16.2. The lowest BCUT2D eigenvalue weighted by Gasteiger charge is -2.32. The van der Waals surface area contributed by atoms with Crippen LogP contribution in [0, 0.1) is 0 Å². The van der Waals surface area contributed by atoms with Gasteiger partial charge in [-0.05, 0) is 86.5 Å². The number of hydrogen-bond donors (Lipinski definition) is 0. The standard InChI is InChI=1S/C27H46N2O/c1-23(2)11-7-12-24(3)13-8-14-25(4)15-9-16-26(5)17-10-18-27(30)29-21-19-28(6)20-22-29/h11,13,15,17H,7-10,12,14,16,18-22H2,1-6H3/b24-13+,25-15+,26-17+/i6D3. The molecule has 1 aliphatic heterocycles. The summed E-state index contributed by atoms with van der Waals surface area (Å²) < 4.78 is 22.4. The smallest absolute Gasteiger partial charge is 0.222 e. The molecule has 1 rings (SSSR count). The molecule has 0 spiro atoms. The summed E-state index contributed by atoms with van der Waals surface area (Å²) in [5.74, 6) is 0.129. The molecule has 3 nitrogen and oxygen atoms in total. The first-order valence-electron chi connectivity index (χ1n) is 13.1. The van der Waals surface area contributed by atoms with Gasteiger partial charge in [-0.1, -0.05) is 46.6 Å². The molecule has 0 saturated carbocycles. The molecule has 0 N–H and O–H groups in total. The molecule has 0 aromatic carbocycles. The molecule has 170 valence electrons. The maximum absolute atomic E-state index is 12.4. The van der Waals surface area contributed by atoms with Gasteiger partial charge >= 0.3 is 0 Å². The van der Waals surface area contributed by atoms with Crippen molar-refractivity contribution in [2.75, 3.05) is 33.2 Å². The monoisotopic (exact) mass is 417 g/mol. The summed E-state index contributed by atoms with van der Waals surface area (Å²) in [6.07, 6.45) is 17.0. The van der Waals surface area contributed by atoms with E-state index >= 15 is 0 Å². The van der Waals surface area contributed by atoms with Crippen LogP contribution in [0.5, 0.6) is 0 Å². The first-order valence-corrected chi connectivity index (χ1v) is 11.6. The van der Waals surface area contributed by atoms with E-state index in [1.54, 1.807) is 4.90 Å². The van der Waals surface area contributed by atoms with Gasteiger partial charge in [0, 0.05) is 36.7 Å². The normalized spacial score (nSPS) is 18.6. The molecule has 1 saturated heterocycles. The van der Waals surface area contributed by atoms with Crippen LogP contribution in [-0.2, 0) is 4.79 Å². The van der Waals surface area contributed by atoms with Crippen molar-refractivity contribution in [1.29, 1.82) is 0 Å². The number of likely N-dealkylation sites (N-methyl/N-ethyl adjacent to an activating group) is 1. The summed E-state index contributed by atoms with van der Waals surface area (Å²) >= 11 is 0. The van der Waals surface area contributed by atoms with Crippen LogP contribution in [0.1, 0.15) is 90.1 Å². The lowest BCUT2D eigenvalue weighted by atomic mass is 10.0. The first kappa shape index (κ1) is 21.6. The zero-order valence-corrected chi connectivity index (χ0v) is 20.1. The van der Waals surface area contributed by atoms with Crippen LogP contribution >= 0.6 is 0 Å². The van der Waals surface area contributed by atoms with Crippen LogP contribution in [0.15, 0.2) is 46.6 Å². The molecule has 3 heteroatoms. The number of amides is 1. The molecular formula is C27H46N2O. The van der Waals surface area contributed by atoms with Crippen molar-refractivity contribution in [3.05, 3.63) is 46.6 Å². The van der Waals surface area contributed by atoms with Crippen molar-refractivity contribution in [3.63, 3.8) is 0 Å². The quantitative estimate of drug-likeness (QED) is 0.330. The van der Waals surface area contributed by atoms with E-state index < -0.39 is 6.98 Å². The number of allylic oxidation sites excluding steroid dienone is 8. The lowest BCUT2D eigenvalue weighted by molar-refractivity contribution is -0.132. The molecule has 1 aliphatic rings. The van der Waals surface area contributed by atoms with Gasteiger partial charge < -0.3 is 9.80 Å². The molecule has 0 bridgehead atoms. The molecule has 1 amide bonds. The van der Waals surface area contributed by atoms with Gasteiger partial charge in [-0.15, -0.1) is 0 Å². The predicted octanol–water partition coefficient (Wildman–Crippen LogP) is 6.69. The van der Waals surface area contributed by atoms with Crippen LogP contribution < -0.4 is 0 Å². The summed E-state index contributed by atoms with van der Waals surface area (Å²) in [6, 6.07) is 0. The van der Waals surface area contributed by atoms with Gasteiger partial charge in [-0.3, -0.25) is 4.79 Å². The third kappa shape index (κ3) is 12.8. The van der Waals surface area contributed by atoms with Gasteiger partial charge in [0.15, 0.2) is 0 Å². The molecule has 30 heavy (non-hydrogen) atoms. The Bertz CT molecular complexity index is 720. The van der Waals surface area contributed by atoms with Crippen molar-refractivity contribution >= 4 is 5.91 Å². The summed E-state index contributed by atoms with van der Waals surface area (Å²) in [7, 11) is 0. The van der Waals surface area contributed by atoms with E-state index in [9.17, 15) is 4.79 Å².